The first-order valence-electron chi connectivity index (χ1n) is 8.46. The van der Waals surface area contributed by atoms with Crippen molar-refractivity contribution in [3.05, 3.63) is 54.5 Å². The first kappa shape index (κ1) is 16.2. The Morgan fingerprint density at radius 2 is 1.88 bits per heavy atom. The summed E-state index contributed by atoms with van der Waals surface area (Å²) in [6.07, 6.45) is 6.04. The van der Waals surface area contributed by atoms with Crippen LogP contribution in [0.4, 0.5) is 5.95 Å². The van der Waals surface area contributed by atoms with E-state index in [4.69, 9.17) is 4.42 Å². The van der Waals surface area contributed by atoms with Crippen LogP contribution in [0.3, 0.4) is 0 Å². The van der Waals surface area contributed by atoms with E-state index in [1.807, 2.05) is 41.6 Å². The second kappa shape index (κ2) is 7.30. The summed E-state index contributed by atoms with van der Waals surface area (Å²) in [6.45, 7) is 1.97. The fraction of sp³-hybridized carbons (Fsp3) is 0.278. The van der Waals surface area contributed by atoms with Crippen molar-refractivity contribution in [2.24, 2.45) is 0 Å². The standard InChI is InChI=1S/C18H18N6O2/c25-16-5-7-24(8-6-19-16)18-20-10-15(11-21-18)14-3-1-13(2-4-14)9-17-23-22-12-26-17/h1-4,10-12H,5-9H2,(H,19,25). The molecule has 0 spiro atoms. The molecule has 1 fully saturated rings. The maximum atomic E-state index is 11.4. The van der Waals surface area contributed by atoms with Gasteiger partial charge in [-0.05, 0) is 11.1 Å². The smallest absolute Gasteiger partial charge is 0.225 e. The maximum Gasteiger partial charge on any atom is 0.225 e. The van der Waals surface area contributed by atoms with E-state index in [-0.39, 0.29) is 5.91 Å². The Bertz CT molecular complexity index is 862. The molecule has 3 heterocycles. The zero-order chi connectivity index (χ0) is 17.8. The number of hydrogen-bond donors (Lipinski definition) is 1. The van der Waals surface area contributed by atoms with Crippen LogP contribution in [0, 0.1) is 0 Å². The molecule has 1 N–H and O–H groups in total. The summed E-state index contributed by atoms with van der Waals surface area (Å²) in [6, 6.07) is 8.11. The lowest BCUT2D eigenvalue weighted by Gasteiger charge is -2.19. The van der Waals surface area contributed by atoms with Gasteiger partial charge in [-0.25, -0.2) is 9.97 Å². The largest absolute Gasteiger partial charge is 0.428 e. The number of anilines is 1. The maximum absolute atomic E-state index is 11.4. The molecule has 26 heavy (non-hydrogen) atoms. The van der Waals surface area contributed by atoms with Crippen molar-refractivity contribution in [3.63, 3.8) is 0 Å². The number of carbonyl (C=O) groups excluding carboxylic acids is 1. The van der Waals surface area contributed by atoms with Crippen LogP contribution in [0.1, 0.15) is 17.9 Å². The Balaban J connectivity index is 1.45. The van der Waals surface area contributed by atoms with Crippen molar-refractivity contribution in [2.45, 2.75) is 12.8 Å². The molecule has 1 aromatic carbocycles. The van der Waals surface area contributed by atoms with Gasteiger partial charge in [0, 0.05) is 44.0 Å². The van der Waals surface area contributed by atoms with E-state index in [0.29, 0.717) is 37.8 Å². The van der Waals surface area contributed by atoms with Gasteiger partial charge in [-0.15, -0.1) is 10.2 Å². The van der Waals surface area contributed by atoms with Gasteiger partial charge in [0.25, 0.3) is 0 Å². The molecule has 0 aliphatic carbocycles. The number of hydrogen-bond acceptors (Lipinski definition) is 7. The van der Waals surface area contributed by atoms with Gasteiger partial charge in [-0.1, -0.05) is 24.3 Å². The highest BCUT2D eigenvalue weighted by atomic mass is 16.4. The number of benzene rings is 1. The quantitative estimate of drug-likeness (QED) is 0.760. The van der Waals surface area contributed by atoms with Crippen LogP contribution in [0.15, 0.2) is 47.5 Å². The van der Waals surface area contributed by atoms with Crippen molar-refractivity contribution < 1.29 is 9.21 Å². The van der Waals surface area contributed by atoms with Crippen LogP contribution in [-0.4, -0.2) is 45.7 Å². The summed E-state index contributed by atoms with van der Waals surface area (Å²) in [5, 5.41) is 10.4. The number of aromatic nitrogens is 4. The van der Waals surface area contributed by atoms with Gasteiger partial charge in [0.05, 0.1) is 6.42 Å². The normalized spacial score (nSPS) is 14.8. The molecule has 2 aromatic heterocycles. The van der Waals surface area contributed by atoms with E-state index >= 15 is 0 Å². The minimum absolute atomic E-state index is 0.0738. The first-order valence-corrected chi connectivity index (χ1v) is 8.46. The Morgan fingerprint density at radius 3 is 2.62 bits per heavy atom. The highest BCUT2D eigenvalue weighted by Gasteiger charge is 2.15. The summed E-state index contributed by atoms with van der Waals surface area (Å²) in [4.78, 5) is 22.4. The van der Waals surface area contributed by atoms with Crippen molar-refractivity contribution in [1.29, 1.82) is 0 Å². The minimum atomic E-state index is 0.0738. The predicted molar refractivity (Wildman–Crippen MR) is 94.4 cm³/mol. The van der Waals surface area contributed by atoms with Crippen molar-refractivity contribution in [2.75, 3.05) is 24.5 Å². The van der Waals surface area contributed by atoms with Crippen molar-refractivity contribution in [1.82, 2.24) is 25.5 Å². The second-order valence-electron chi connectivity index (χ2n) is 6.06. The highest BCUT2D eigenvalue weighted by Crippen LogP contribution is 2.20. The van der Waals surface area contributed by atoms with Gasteiger partial charge in [0.2, 0.25) is 24.1 Å². The monoisotopic (exact) mass is 350 g/mol. The fourth-order valence-electron chi connectivity index (χ4n) is 2.86. The van der Waals surface area contributed by atoms with Crippen molar-refractivity contribution in [3.8, 4) is 11.1 Å². The van der Waals surface area contributed by atoms with E-state index in [9.17, 15) is 4.79 Å². The van der Waals surface area contributed by atoms with Gasteiger partial charge in [-0.3, -0.25) is 4.79 Å². The third-order valence-corrected chi connectivity index (χ3v) is 4.28. The Labute approximate surface area is 150 Å². The highest BCUT2D eigenvalue weighted by molar-refractivity contribution is 5.77. The van der Waals surface area contributed by atoms with Gasteiger partial charge in [-0.2, -0.15) is 0 Å². The third kappa shape index (κ3) is 3.69. The average molecular weight is 350 g/mol. The number of nitrogens with zero attached hydrogens (tertiary/aromatic N) is 5. The lowest BCUT2D eigenvalue weighted by Crippen LogP contribution is -2.29. The first-order chi connectivity index (χ1) is 12.8. The summed E-state index contributed by atoms with van der Waals surface area (Å²) < 4.78 is 5.17. The average Bonchev–Trinajstić information content (AvgIpc) is 3.09. The molecule has 1 saturated heterocycles. The van der Waals surface area contributed by atoms with Gasteiger partial charge < -0.3 is 14.6 Å². The van der Waals surface area contributed by atoms with E-state index in [2.05, 4.69) is 25.5 Å². The van der Waals surface area contributed by atoms with Crippen LogP contribution in [0.25, 0.3) is 11.1 Å². The summed E-state index contributed by atoms with van der Waals surface area (Å²) >= 11 is 0. The lowest BCUT2D eigenvalue weighted by molar-refractivity contribution is -0.120. The van der Waals surface area contributed by atoms with Crippen LogP contribution in [0.2, 0.25) is 0 Å². The molecule has 0 bridgehead atoms. The van der Waals surface area contributed by atoms with Gasteiger partial charge >= 0.3 is 0 Å². The van der Waals surface area contributed by atoms with E-state index in [1.165, 1.54) is 6.39 Å². The molecule has 8 nitrogen and oxygen atoms in total. The van der Waals surface area contributed by atoms with Gasteiger partial charge in [0.1, 0.15) is 0 Å². The molecular formula is C18H18N6O2. The molecule has 0 saturated carbocycles. The molecule has 4 rings (SSSR count). The molecule has 3 aromatic rings. The second-order valence-corrected chi connectivity index (χ2v) is 6.06. The minimum Gasteiger partial charge on any atom is -0.428 e. The van der Waals surface area contributed by atoms with Crippen LogP contribution in [0.5, 0.6) is 0 Å². The van der Waals surface area contributed by atoms with Crippen LogP contribution < -0.4 is 10.2 Å². The molecule has 132 valence electrons. The number of carbonyl (C=O) groups is 1. The zero-order valence-electron chi connectivity index (χ0n) is 14.1. The molecule has 0 unspecified atom stereocenters. The number of amides is 1. The molecule has 8 heteroatoms. The molecular weight excluding hydrogens is 332 g/mol. The van der Waals surface area contributed by atoms with E-state index in [1.54, 1.807) is 0 Å². The predicted octanol–water partition coefficient (Wildman–Crippen LogP) is 1.44. The number of rotatable bonds is 4. The topological polar surface area (TPSA) is 97.0 Å². The SMILES string of the molecule is O=C1CCN(c2ncc(-c3ccc(Cc4nnco4)cc3)cn2)CCN1. The van der Waals surface area contributed by atoms with E-state index < -0.39 is 0 Å². The van der Waals surface area contributed by atoms with Crippen LogP contribution >= 0.6 is 0 Å². The zero-order valence-corrected chi connectivity index (χ0v) is 14.1. The van der Waals surface area contributed by atoms with Gasteiger partial charge in [0.15, 0.2) is 0 Å². The number of nitrogens with one attached hydrogen (secondary N) is 1. The molecule has 0 radical (unpaired) electrons. The summed E-state index contributed by atoms with van der Waals surface area (Å²) in [5.74, 6) is 1.32. The molecule has 0 atom stereocenters. The molecule has 1 aliphatic heterocycles. The fourth-order valence-corrected chi connectivity index (χ4v) is 2.86. The summed E-state index contributed by atoms with van der Waals surface area (Å²) in [5.41, 5.74) is 3.08. The molecule has 1 aliphatic rings. The van der Waals surface area contributed by atoms with Crippen molar-refractivity contribution >= 4 is 11.9 Å². The van der Waals surface area contributed by atoms with E-state index in [0.717, 1.165) is 23.2 Å². The Morgan fingerprint density at radius 1 is 1.08 bits per heavy atom. The Hall–Kier alpha value is -3.29. The lowest BCUT2D eigenvalue weighted by atomic mass is 10.1. The molecule has 1 amide bonds. The Kier molecular flexibility index (Phi) is 4.55. The third-order valence-electron chi connectivity index (χ3n) is 4.28. The van der Waals surface area contributed by atoms with Crippen LogP contribution in [-0.2, 0) is 11.2 Å². The summed E-state index contributed by atoms with van der Waals surface area (Å²) in [7, 11) is 0.